The number of carboxylic acids is 2. The number of nitrogens with zero attached hydrogens (tertiary/aromatic N) is 3. The van der Waals surface area contributed by atoms with Gasteiger partial charge in [0.25, 0.3) is 5.56 Å². The highest BCUT2D eigenvalue weighted by molar-refractivity contribution is 6.31. The van der Waals surface area contributed by atoms with Crippen LogP contribution in [0, 0.1) is 0 Å². The smallest absolute Gasteiger partial charge is 0.414 e. The summed E-state index contributed by atoms with van der Waals surface area (Å²) in [7, 11) is 3.63. The van der Waals surface area contributed by atoms with Gasteiger partial charge in [-0.25, -0.2) is 14.6 Å². The van der Waals surface area contributed by atoms with Crippen LogP contribution in [-0.4, -0.2) is 42.2 Å². The van der Waals surface area contributed by atoms with Crippen LogP contribution in [-0.2, 0) is 34.0 Å². The van der Waals surface area contributed by atoms with Gasteiger partial charge in [-0.15, -0.1) is 0 Å². The van der Waals surface area contributed by atoms with Crippen LogP contribution in [0.3, 0.4) is 0 Å². The molecule has 1 unspecified atom stereocenters. The number of fused-ring (bicyclic) bond motifs is 1. The minimum Gasteiger partial charge on any atom is -0.473 e. The Morgan fingerprint density at radius 1 is 0.860 bits per heavy atom. The number of rotatable bonds is 5. The molecule has 0 bridgehead atoms. The average molecular weight is 621 g/mol. The zero-order valence-corrected chi connectivity index (χ0v) is 24.7. The molecule has 3 N–H and O–H groups in total. The molecule has 43 heavy (non-hydrogen) atoms. The van der Waals surface area contributed by atoms with Crippen LogP contribution in [0.1, 0.15) is 23.7 Å². The van der Waals surface area contributed by atoms with E-state index in [1.54, 1.807) is 48.4 Å². The second-order valence-corrected chi connectivity index (χ2v) is 10.5. The number of aryl methyl sites for hydroxylation is 2. The molecule has 0 aliphatic carbocycles. The summed E-state index contributed by atoms with van der Waals surface area (Å²) < 4.78 is 3.49. The number of carbonyl (C=O) groups excluding carboxylic acids is 1. The van der Waals surface area contributed by atoms with Crippen molar-refractivity contribution in [3.8, 4) is 11.1 Å². The maximum Gasteiger partial charge on any atom is 0.414 e. The number of amides is 1. The summed E-state index contributed by atoms with van der Waals surface area (Å²) >= 11 is 12.5. The highest BCUT2D eigenvalue weighted by atomic mass is 35.5. The van der Waals surface area contributed by atoms with E-state index in [0.717, 1.165) is 38.9 Å². The Bertz CT molecular complexity index is 1900. The Balaban J connectivity index is 0.000000641. The van der Waals surface area contributed by atoms with E-state index in [4.69, 9.17) is 43.0 Å². The molecule has 0 aliphatic heterocycles. The van der Waals surface area contributed by atoms with Crippen LogP contribution < -0.4 is 10.9 Å². The first-order valence-electron chi connectivity index (χ1n) is 12.7. The molecule has 5 aromatic rings. The molecule has 2 heterocycles. The number of imidazole rings is 1. The molecule has 2 aromatic heterocycles. The minimum absolute atomic E-state index is 0.132. The van der Waals surface area contributed by atoms with E-state index in [9.17, 15) is 9.59 Å². The van der Waals surface area contributed by atoms with Gasteiger partial charge in [0.05, 0.1) is 23.7 Å². The molecule has 0 radical (unpaired) electrons. The molecule has 1 amide bonds. The second kappa shape index (κ2) is 12.5. The Hall–Kier alpha value is -4.93. The lowest BCUT2D eigenvalue weighted by Gasteiger charge is -2.36. The zero-order chi connectivity index (χ0) is 31.5. The van der Waals surface area contributed by atoms with E-state index in [2.05, 4.69) is 10.3 Å². The maximum atomic E-state index is 12.9. The van der Waals surface area contributed by atoms with E-state index in [-0.39, 0.29) is 11.5 Å². The normalized spacial score (nSPS) is 12.1. The predicted octanol–water partition coefficient (Wildman–Crippen LogP) is 4.83. The molecule has 0 aliphatic rings. The second-order valence-electron chi connectivity index (χ2n) is 9.64. The fourth-order valence-electron chi connectivity index (χ4n) is 4.94. The van der Waals surface area contributed by atoms with Crippen molar-refractivity contribution in [1.82, 2.24) is 19.4 Å². The van der Waals surface area contributed by atoms with Crippen LogP contribution in [0.5, 0.6) is 0 Å². The first-order chi connectivity index (χ1) is 20.3. The van der Waals surface area contributed by atoms with E-state index in [1.807, 2.05) is 60.1 Å². The van der Waals surface area contributed by atoms with Crippen molar-refractivity contribution >= 4 is 52.0 Å². The minimum atomic E-state index is -1.82. The Morgan fingerprint density at radius 3 is 2.07 bits per heavy atom. The summed E-state index contributed by atoms with van der Waals surface area (Å²) in [5.74, 6) is -3.86. The molecular formula is C31H26Cl2N4O6. The molecule has 12 heteroatoms. The summed E-state index contributed by atoms with van der Waals surface area (Å²) in [5.41, 5.74) is 3.48. The number of hydrogen-bond donors (Lipinski definition) is 3. The topological polar surface area (TPSA) is 144 Å². The number of carbonyl (C=O) groups is 3. The van der Waals surface area contributed by atoms with Gasteiger partial charge in [-0.2, -0.15) is 0 Å². The van der Waals surface area contributed by atoms with Crippen molar-refractivity contribution in [3.63, 3.8) is 0 Å². The van der Waals surface area contributed by atoms with Gasteiger partial charge in [-0.3, -0.25) is 9.59 Å². The Morgan fingerprint density at radius 2 is 1.51 bits per heavy atom. The van der Waals surface area contributed by atoms with Crippen LogP contribution >= 0.6 is 23.2 Å². The maximum absolute atomic E-state index is 12.9. The fraction of sp³-hybridized carbons (Fsp3) is 0.129. The number of hydrogen-bond acceptors (Lipinski definition) is 5. The summed E-state index contributed by atoms with van der Waals surface area (Å²) in [4.78, 5) is 48.2. The summed E-state index contributed by atoms with van der Waals surface area (Å²) in [6.45, 7) is 1.49. The van der Waals surface area contributed by atoms with E-state index in [0.29, 0.717) is 10.0 Å². The molecule has 5 rings (SSSR count). The van der Waals surface area contributed by atoms with Crippen LogP contribution in [0.4, 0.5) is 0 Å². The number of benzene rings is 3. The summed E-state index contributed by atoms with van der Waals surface area (Å²) in [5, 5.41) is 20.0. The largest absolute Gasteiger partial charge is 0.473 e. The van der Waals surface area contributed by atoms with Crippen molar-refractivity contribution in [2.75, 3.05) is 0 Å². The Labute approximate surface area is 255 Å². The lowest BCUT2D eigenvalue weighted by molar-refractivity contribution is -0.159. The third-order valence-electron chi connectivity index (χ3n) is 6.84. The number of nitrogens with one attached hydrogen (secondary N) is 1. The molecular weight excluding hydrogens is 595 g/mol. The SMILES string of the molecule is CC(=O)NC(c1ccc(Cl)cc1)(c1ccc2c(c1)c(-c1cccc(Cl)c1)cc(=O)n2C)c1cncn1C.O=C(O)C(=O)O. The standard InChI is InChI=1S/C29H24Cl2N4O2.C2H2O4/c1-18(36)33-29(27-16-32-17-34(27)2,20-7-10-22(30)11-8-20)21-9-12-26-25(14-21)24(15-28(37)35(26)3)19-5-4-6-23(31)13-19;3-1(4)2(5)6/h4-17H,1-3H3,(H,33,36);(H,3,4)(H,5,6). The molecule has 220 valence electrons. The quantitative estimate of drug-likeness (QED) is 0.239. The molecule has 0 saturated heterocycles. The first-order valence-corrected chi connectivity index (χ1v) is 13.5. The number of pyridine rings is 1. The lowest BCUT2D eigenvalue weighted by atomic mass is 9.79. The number of carboxylic acid groups (broad SMARTS) is 2. The van der Waals surface area contributed by atoms with Gasteiger partial charge in [0, 0.05) is 42.5 Å². The van der Waals surface area contributed by atoms with Gasteiger partial charge < -0.3 is 24.7 Å². The lowest BCUT2D eigenvalue weighted by Crippen LogP contribution is -2.48. The Kier molecular flexibility index (Phi) is 9.03. The van der Waals surface area contributed by atoms with Crippen molar-refractivity contribution in [2.45, 2.75) is 12.5 Å². The highest BCUT2D eigenvalue weighted by Crippen LogP contribution is 2.40. The van der Waals surface area contributed by atoms with Gasteiger partial charge >= 0.3 is 11.9 Å². The van der Waals surface area contributed by atoms with Gasteiger partial charge in [0.15, 0.2) is 0 Å². The van der Waals surface area contributed by atoms with E-state index >= 15 is 0 Å². The summed E-state index contributed by atoms with van der Waals surface area (Å²) in [6, 6.07) is 22.3. The van der Waals surface area contributed by atoms with Gasteiger partial charge in [-0.1, -0.05) is 53.5 Å². The number of aromatic nitrogens is 3. The molecule has 3 aromatic carbocycles. The van der Waals surface area contributed by atoms with Crippen molar-refractivity contribution < 1.29 is 24.6 Å². The summed E-state index contributed by atoms with van der Waals surface area (Å²) in [6.07, 6.45) is 3.44. The third-order valence-corrected chi connectivity index (χ3v) is 7.33. The first kappa shape index (κ1) is 31.0. The molecule has 0 fully saturated rings. The molecule has 0 spiro atoms. The van der Waals surface area contributed by atoms with Crippen LogP contribution in [0.2, 0.25) is 10.0 Å². The van der Waals surface area contributed by atoms with Crippen LogP contribution in [0.15, 0.2) is 90.1 Å². The molecule has 10 nitrogen and oxygen atoms in total. The number of halogens is 2. The third kappa shape index (κ3) is 6.30. The van der Waals surface area contributed by atoms with Crippen LogP contribution in [0.25, 0.3) is 22.0 Å². The van der Waals surface area contributed by atoms with E-state index < -0.39 is 17.5 Å². The average Bonchev–Trinajstić information content (AvgIpc) is 3.40. The van der Waals surface area contributed by atoms with E-state index in [1.165, 1.54) is 6.92 Å². The fourth-order valence-corrected chi connectivity index (χ4v) is 5.26. The predicted molar refractivity (Wildman–Crippen MR) is 163 cm³/mol. The van der Waals surface area contributed by atoms with Gasteiger partial charge in [0.1, 0.15) is 5.54 Å². The van der Waals surface area contributed by atoms with Crippen molar-refractivity contribution in [1.29, 1.82) is 0 Å². The molecule has 1 atom stereocenters. The van der Waals surface area contributed by atoms with Crippen molar-refractivity contribution in [2.24, 2.45) is 14.1 Å². The zero-order valence-electron chi connectivity index (χ0n) is 23.2. The highest BCUT2D eigenvalue weighted by Gasteiger charge is 2.40. The van der Waals surface area contributed by atoms with Gasteiger partial charge in [-0.05, 0) is 58.7 Å². The molecule has 0 saturated carbocycles. The van der Waals surface area contributed by atoms with Crippen molar-refractivity contribution in [3.05, 3.63) is 123 Å². The number of aliphatic carboxylic acids is 2. The van der Waals surface area contributed by atoms with Gasteiger partial charge in [0.2, 0.25) is 5.91 Å². The monoisotopic (exact) mass is 620 g/mol.